The fourth-order valence-corrected chi connectivity index (χ4v) is 3.18. The molecule has 1 atom stereocenters. The summed E-state index contributed by atoms with van der Waals surface area (Å²) >= 11 is 0. The number of aliphatic hydroxyl groups excluding tert-OH is 1. The first-order chi connectivity index (χ1) is 9.20. The van der Waals surface area contributed by atoms with Crippen molar-refractivity contribution in [1.29, 1.82) is 0 Å². The highest BCUT2D eigenvalue weighted by Crippen LogP contribution is 2.19. The van der Waals surface area contributed by atoms with Crippen molar-refractivity contribution in [3.05, 3.63) is 0 Å². The number of aliphatic hydroxyl groups is 1. The van der Waals surface area contributed by atoms with Crippen LogP contribution >= 0.6 is 0 Å². The standard InChI is InChI=1S/C14H27N3O2/c1-16-6-3-13(4-7-16)17(8-9-18)14(19)10-12-2-5-15-11-12/h12-13,15,18H,2-11H2,1H3. The van der Waals surface area contributed by atoms with Gasteiger partial charge in [-0.05, 0) is 58.4 Å². The summed E-state index contributed by atoms with van der Waals surface area (Å²) in [4.78, 5) is 16.7. The molecular weight excluding hydrogens is 242 g/mol. The van der Waals surface area contributed by atoms with Crippen molar-refractivity contribution in [3.63, 3.8) is 0 Å². The van der Waals surface area contributed by atoms with Gasteiger partial charge in [-0.3, -0.25) is 4.79 Å². The number of carbonyl (C=O) groups excluding carboxylic acids is 1. The Bertz CT molecular complexity index is 284. The molecular formula is C14H27N3O2. The Kier molecular flexibility index (Phi) is 5.60. The van der Waals surface area contributed by atoms with Gasteiger partial charge in [0.2, 0.25) is 5.91 Å². The number of likely N-dealkylation sites (tertiary alicyclic amines) is 1. The van der Waals surface area contributed by atoms with Crippen LogP contribution < -0.4 is 5.32 Å². The first-order valence-electron chi connectivity index (χ1n) is 7.50. The highest BCUT2D eigenvalue weighted by Gasteiger charge is 2.28. The van der Waals surface area contributed by atoms with Crippen LogP contribution in [0, 0.1) is 5.92 Å². The molecule has 0 radical (unpaired) electrons. The van der Waals surface area contributed by atoms with E-state index >= 15 is 0 Å². The largest absolute Gasteiger partial charge is 0.395 e. The van der Waals surface area contributed by atoms with E-state index in [1.165, 1.54) is 0 Å². The van der Waals surface area contributed by atoms with E-state index in [9.17, 15) is 9.90 Å². The van der Waals surface area contributed by atoms with Crippen LogP contribution in [0.3, 0.4) is 0 Å². The third kappa shape index (κ3) is 4.16. The molecule has 19 heavy (non-hydrogen) atoms. The van der Waals surface area contributed by atoms with Gasteiger partial charge < -0.3 is 20.2 Å². The number of piperidine rings is 1. The summed E-state index contributed by atoms with van der Waals surface area (Å²) < 4.78 is 0. The topological polar surface area (TPSA) is 55.8 Å². The molecule has 0 saturated carbocycles. The number of nitrogens with one attached hydrogen (secondary N) is 1. The van der Waals surface area contributed by atoms with Gasteiger partial charge in [-0.1, -0.05) is 0 Å². The zero-order valence-corrected chi connectivity index (χ0v) is 12.0. The monoisotopic (exact) mass is 269 g/mol. The van der Waals surface area contributed by atoms with Crippen molar-refractivity contribution < 1.29 is 9.90 Å². The zero-order chi connectivity index (χ0) is 13.7. The summed E-state index contributed by atoms with van der Waals surface area (Å²) in [5.74, 6) is 0.720. The molecule has 1 unspecified atom stereocenters. The van der Waals surface area contributed by atoms with E-state index in [1.807, 2.05) is 4.90 Å². The zero-order valence-electron chi connectivity index (χ0n) is 12.0. The maximum Gasteiger partial charge on any atom is 0.223 e. The Labute approximate surface area is 115 Å². The van der Waals surface area contributed by atoms with Crippen LogP contribution in [0.15, 0.2) is 0 Å². The Morgan fingerprint density at radius 2 is 2.11 bits per heavy atom. The summed E-state index contributed by atoms with van der Waals surface area (Å²) in [6, 6.07) is 0.324. The molecule has 2 saturated heterocycles. The SMILES string of the molecule is CN1CCC(N(CCO)C(=O)CC2CCNC2)CC1. The lowest BCUT2D eigenvalue weighted by Crippen LogP contribution is -2.48. The predicted octanol–water partition coefficient (Wildman–Crippen LogP) is -0.0989. The Balaban J connectivity index is 1.88. The number of hydrogen-bond donors (Lipinski definition) is 2. The second-order valence-corrected chi connectivity index (χ2v) is 5.91. The molecule has 5 heteroatoms. The molecule has 1 amide bonds. The minimum absolute atomic E-state index is 0.0704. The average Bonchev–Trinajstić information content (AvgIpc) is 2.90. The Morgan fingerprint density at radius 1 is 1.37 bits per heavy atom. The summed E-state index contributed by atoms with van der Waals surface area (Å²) in [5, 5.41) is 12.5. The molecule has 2 rings (SSSR count). The van der Waals surface area contributed by atoms with Gasteiger partial charge in [-0.2, -0.15) is 0 Å². The normalized spacial score (nSPS) is 25.7. The maximum atomic E-state index is 12.4. The smallest absolute Gasteiger partial charge is 0.223 e. The van der Waals surface area contributed by atoms with E-state index in [-0.39, 0.29) is 12.5 Å². The van der Waals surface area contributed by atoms with Crippen molar-refractivity contribution in [3.8, 4) is 0 Å². The van der Waals surface area contributed by atoms with E-state index in [2.05, 4.69) is 17.3 Å². The maximum absolute atomic E-state index is 12.4. The fourth-order valence-electron chi connectivity index (χ4n) is 3.18. The van der Waals surface area contributed by atoms with Crippen LogP contribution in [0.4, 0.5) is 0 Å². The summed E-state index contributed by atoms with van der Waals surface area (Å²) in [6.45, 7) is 4.66. The number of carbonyl (C=O) groups is 1. The molecule has 5 nitrogen and oxygen atoms in total. The first kappa shape index (κ1) is 14.8. The minimum atomic E-state index is 0.0704. The van der Waals surface area contributed by atoms with Gasteiger partial charge in [0.1, 0.15) is 0 Å². The van der Waals surface area contributed by atoms with Crippen molar-refractivity contribution in [1.82, 2.24) is 15.1 Å². The number of rotatable bonds is 5. The van der Waals surface area contributed by atoms with Crippen molar-refractivity contribution in [2.75, 3.05) is 46.4 Å². The molecule has 2 aliphatic heterocycles. The molecule has 0 aromatic rings. The van der Waals surface area contributed by atoms with Crippen molar-refractivity contribution in [2.24, 2.45) is 5.92 Å². The van der Waals surface area contributed by atoms with Crippen LogP contribution in [0.25, 0.3) is 0 Å². The van der Waals surface area contributed by atoms with Gasteiger partial charge in [0.15, 0.2) is 0 Å². The molecule has 2 fully saturated rings. The van der Waals surface area contributed by atoms with Crippen molar-refractivity contribution in [2.45, 2.75) is 31.7 Å². The highest BCUT2D eigenvalue weighted by atomic mass is 16.3. The van der Waals surface area contributed by atoms with Gasteiger partial charge in [0.25, 0.3) is 0 Å². The van der Waals surface area contributed by atoms with E-state index in [0.717, 1.165) is 45.4 Å². The van der Waals surface area contributed by atoms with Gasteiger partial charge in [0.05, 0.1) is 6.61 Å². The van der Waals surface area contributed by atoms with Crippen LogP contribution in [0.1, 0.15) is 25.7 Å². The molecule has 2 heterocycles. The van der Waals surface area contributed by atoms with E-state index in [4.69, 9.17) is 0 Å². The second kappa shape index (κ2) is 7.22. The molecule has 0 aromatic carbocycles. The third-order valence-corrected chi connectivity index (χ3v) is 4.42. The second-order valence-electron chi connectivity index (χ2n) is 5.91. The van der Waals surface area contributed by atoms with Crippen LogP contribution in [0.2, 0.25) is 0 Å². The van der Waals surface area contributed by atoms with E-state index < -0.39 is 0 Å². The Hall–Kier alpha value is -0.650. The molecule has 0 aromatic heterocycles. The van der Waals surface area contributed by atoms with Gasteiger partial charge in [-0.25, -0.2) is 0 Å². The highest BCUT2D eigenvalue weighted by molar-refractivity contribution is 5.77. The van der Waals surface area contributed by atoms with E-state index in [1.54, 1.807) is 0 Å². The van der Waals surface area contributed by atoms with Crippen LogP contribution in [-0.2, 0) is 4.79 Å². The number of amides is 1. The number of nitrogens with zero attached hydrogens (tertiary/aromatic N) is 2. The van der Waals surface area contributed by atoms with Gasteiger partial charge >= 0.3 is 0 Å². The van der Waals surface area contributed by atoms with Crippen LogP contribution in [0.5, 0.6) is 0 Å². The lowest BCUT2D eigenvalue weighted by Gasteiger charge is -2.37. The fraction of sp³-hybridized carbons (Fsp3) is 0.929. The molecule has 2 aliphatic rings. The molecule has 2 N–H and O–H groups in total. The molecule has 0 bridgehead atoms. The predicted molar refractivity (Wildman–Crippen MR) is 74.9 cm³/mol. The molecule has 110 valence electrons. The van der Waals surface area contributed by atoms with Crippen molar-refractivity contribution >= 4 is 5.91 Å². The molecule has 0 aliphatic carbocycles. The van der Waals surface area contributed by atoms with E-state index in [0.29, 0.717) is 24.9 Å². The summed E-state index contributed by atoms with van der Waals surface area (Å²) in [5.41, 5.74) is 0. The minimum Gasteiger partial charge on any atom is -0.395 e. The first-order valence-corrected chi connectivity index (χ1v) is 7.50. The summed E-state index contributed by atoms with van der Waals surface area (Å²) in [6.07, 6.45) is 3.81. The molecule has 0 spiro atoms. The Morgan fingerprint density at radius 3 is 2.68 bits per heavy atom. The average molecular weight is 269 g/mol. The summed E-state index contributed by atoms with van der Waals surface area (Å²) in [7, 11) is 2.12. The number of hydrogen-bond acceptors (Lipinski definition) is 4. The van der Waals surface area contributed by atoms with Crippen LogP contribution in [-0.4, -0.2) is 73.2 Å². The lowest BCUT2D eigenvalue weighted by atomic mass is 10.00. The quantitative estimate of drug-likeness (QED) is 0.732. The van der Waals surface area contributed by atoms with Gasteiger partial charge in [-0.15, -0.1) is 0 Å². The third-order valence-electron chi connectivity index (χ3n) is 4.42. The van der Waals surface area contributed by atoms with Gasteiger partial charge in [0, 0.05) is 19.0 Å². The lowest BCUT2D eigenvalue weighted by molar-refractivity contribution is -0.136.